The fourth-order valence-electron chi connectivity index (χ4n) is 2.13. The Kier molecular flexibility index (Phi) is 5.69. The Bertz CT molecular complexity index is 605. The normalized spacial score (nSPS) is 10.3. The molecule has 21 heavy (non-hydrogen) atoms. The highest BCUT2D eigenvalue weighted by Gasteiger charge is 2.09. The van der Waals surface area contributed by atoms with Gasteiger partial charge < -0.3 is 5.32 Å². The molecule has 1 aromatic carbocycles. The molecule has 1 aromatic heterocycles. The molecule has 1 N–H and O–H groups in total. The van der Waals surface area contributed by atoms with Crippen LogP contribution < -0.4 is 5.32 Å². The summed E-state index contributed by atoms with van der Waals surface area (Å²) in [6.45, 7) is 2.06. The second-order valence-electron chi connectivity index (χ2n) is 4.81. The van der Waals surface area contributed by atoms with E-state index in [1.165, 1.54) is 11.3 Å². The Morgan fingerprint density at radius 3 is 2.62 bits per heavy atom. The van der Waals surface area contributed by atoms with Gasteiger partial charge in [-0.15, -0.1) is 11.3 Å². The van der Waals surface area contributed by atoms with Crippen LogP contribution in [-0.2, 0) is 11.2 Å². The average Bonchev–Trinajstić information content (AvgIpc) is 3.02. The number of para-hydroxylation sites is 1. The Morgan fingerprint density at radius 1 is 1.10 bits per heavy atom. The van der Waals surface area contributed by atoms with Crippen molar-refractivity contribution >= 4 is 28.7 Å². The molecule has 0 bridgehead atoms. The summed E-state index contributed by atoms with van der Waals surface area (Å²) in [7, 11) is 0. The number of anilines is 1. The number of nitrogens with one attached hydrogen (secondary N) is 1. The largest absolute Gasteiger partial charge is 0.326 e. The lowest BCUT2D eigenvalue weighted by Crippen LogP contribution is -2.13. The highest BCUT2D eigenvalue weighted by atomic mass is 32.1. The van der Waals surface area contributed by atoms with Crippen LogP contribution in [-0.4, -0.2) is 11.7 Å². The molecule has 0 aliphatic carbocycles. The van der Waals surface area contributed by atoms with Gasteiger partial charge in [0.05, 0.1) is 4.88 Å². The van der Waals surface area contributed by atoms with E-state index in [0.717, 1.165) is 22.5 Å². The molecule has 0 saturated carbocycles. The van der Waals surface area contributed by atoms with Crippen LogP contribution in [0.25, 0.3) is 0 Å². The van der Waals surface area contributed by atoms with E-state index in [2.05, 4.69) is 12.2 Å². The summed E-state index contributed by atoms with van der Waals surface area (Å²) >= 11 is 1.45. The molecule has 1 heterocycles. The number of ketones is 1. The van der Waals surface area contributed by atoms with Crippen molar-refractivity contribution < 1.29 is 9.59 Å². The van der Waals surface area contributed by atoms with Gasteiger partial charge in [0.15, 0.2) is 5.78 Å². The predicted molar refractivity (Wildman–Crippen MR) is 87.0 cm³/mol. The quantitative estimate of drug-likeness (QED) is 0.775. The smallest absolute Gasteiger partial charge is 0.224 e. The fourth-order valence-corrected chi connectivity index (χ4v) is 2.83. The Balaban J connectivity index is 1.79. The summed E-state index contributed by atoms with van der Waals surface area (Å²) < 4.78 is 0. The standard InChI is InChI=1S/C17H19NO2S/c1-2-13-7-3-4-8-14(13)18-17(20)11-5-9-15(19)16-10-6-12-21-16/h3-4,6-8,10,12H,2,5,9,11H2,1H3,(H,18,20). The third-order valence-electron chi connectivity index (χ3n) is 3.28. The molecule has 110 valence electrons. The minimum absolute atomic E-state index is 0.0325. The van der Waals surface area contributed by atoms with E-state index in [4.69, 9.17) is 0 Å². The van der Waals surface area contributed by atoms with E-state index >= 15 is 0 Å². The van der Waals surface area contributed by atoms with Gasteiger partial charge in [-0.1, -0.05) is 31.2 Å². The summed E-state index contributed by atoms with van der Waals surface area (Å²) in [6.07, 6.45) is 2.25. The molecule has 0 fully saturated rings. The monoisotopic (exact) mass is 301 g/mol. The van der Waals surface area contributed by atoms with Crippen molar-refractivity contribution in [1.29, 1.82) is 0 Å². The minimum Gasteiger partial charge on any atom is -0.326 e. The number of amides is 1. The summed E-state index contributed by atoms with van der Waals surface area (Å²) in [5.41, 5.74) is 2.00. The van der Waals surface area contributed by atoms with Gasteiger partial charge in [0, 0.05) is 18.5 Å². The maximum absolute atomic E-state index is 11.9. The Hall–Kier alpha value is -1.94. The second-order valence-corrected chi connectivity index (χ2v) is 5.76. The third-order valence-corrected chi connectivity index (χ3v) is 4.19. The van der Waals surface area contributed by atoms with Crippen LogP contribution in [0.1, 0.15) is 41.4 Å². The second kappa shape index (κ2) is 7.74. The van der Waals surface area contributed by atoms with Crippen molar-refractivity contribution in [1.82, 2.24) is 0 Å². The number of carbonyl (C=O) groups excluding carboxylic acids is 2. The van der Waals surface area contributed by atoms with E-state index in [9.17, 15) is 9.59 Å². The van der Waals surface area contributed by atoms with Crippen LogP contribution in [0, 0.1) is 0 Å². The van der Waals surface area contributed by atoms with Crippen molar-refractivity contribution in [3.05, 3.63) is 52.2 Å². The van der Waals surface area contributed by atoms with E-state index < -0.39 is 0 Å². The van der Waals surface area contributed by atoms with Gasteiger partial charge in [-0.2, -0.15) is 0 Å². The number of aryl methyl sites for hydroxylation is 1. The van der Waals surface area contributed by atoms with Gasteiger partial charge in [0.1, 0.15) is 0 Å². The van der Waals surface area contributed by atoms with Gasteiger partial charge in [-0.3, -0.25) is 9.59 Å². The average molecular weight is 301 g/mol. The molecule has 0 radical (unpaired) electrons. The molecule has 3 nitrogen and oxygen atoms in total. The van der Waals surface area contributed by atoms with Crippen LogP contribution in [0.4, 0.5) is 5.69 Å². The predicted octanol–water partition coefficient (Wildman–Crippen LogP) is 4.30. The summed E-state index contributed by atoms with van der Waals surface area (Å²) in [5, 5.41) is 4.81. The maximum atomic E-state index is 11.9. The van der Waals surface area contributed by atoms with E-state index in [-0.39, 0.29) is 11.7 Å². The molecule has 0 unspecified atom stereocenters. The zero-order valence-corrected chi connectivity index (χ0v) is 12.9. The van der Waals surface area contributed by atoms with Gasteiger partial charge in [-0.25, -0.2) is 0 Å². The molecular weight excluding hydrogens is 282 g/mol. The third kappa shape index (κ3) is 4.53. The van der Waals surface area contributed by atoms with E-state index in [1.54, 1.807) is 0 Å². The van der Waals surface area contributed by atoms with Crippen molar-refractivity contribution in [2.75, 3.05) is 5.32 Å². The topological polar surface area (TPSA) is 46.2 Å². The highest BCUT2D eigenvalue weighted by molar-refractivity contribution is 7.12. The zero-order valence-electron chi connectivity index (χ0n) is 12.1. The van der Waals surface area contributed by atoms with Crippen LogP contribution in [0.15, 0.2) is 41.8 Å². The molecule has 1 amide bonds. The Labute approximate surface area is 129 Å². The maximum Gasteiger partial charge on any atom is 0.224 e. The van der Waals surface area contributed by atoms with Crippen LogP contribution >= 0.6 is 11.3 Å². The van der Waals surface area contributed by atoms with Crippen molar-refractivity contribution in [2.24, 2.45) is 0 Å². The molecule has 0 aliphatic rings. The molecule has 0 saturated heterocycles. The van der Waals surface area contributed by atoms with E-state index in [0.29, 0.717) is 19.3 Å². The highest BCUT2D eigenvalue weighted by Crippen LogP contribution is 2.17. The van der Waals surface area contributed by atoms with Gasteiger partial charge in [-0.05, 0) is 35.9 Å². The van der Waals surface area contributed by atoms with Gasteiger partial charge >= 0.3 is 0 Å². The number of carbonyl (C=O) groups is 2. The van der Waals surface area contributed by atoms with Gasteiger partial charge in [0.25, 0.3) is 0 Å². The van der Waals surface area contributed by atoms with Crippen molar-refractivity contribution in [3.8, 4) is 0 Å². The molecule has 0 aliphatic heterocycles. The summed E-state index contributed by atoms with van der Waals surface area (Å²) in [4.78, 5) is 24.5. The first-order chi connectivity index (χ1) is 10.2. The first kappa shape index (κ1) is 15.4. The SMILES string of the molecule is CCc1ccccc1NC(=O)CCCC(=O)c1cccs1. The fraction of sp³-hybridized carbons (Fsp3) is 0.294. The van der Waals surface area contributed by atoms with Crippen LogP contribution in [0.5, 0.6) is 0 Å². The van der Waals surface area contributed by atoms with E-state index in [1.807, 2.05) is 41.8 Å². The van der Waals surface area contributed by atoms with Crippen molar-refractivity contribution in [2.45, 2.75) is 32.6 Å². The lowest BCUT2D eigenvalue weighted by atomic mass is 10.1. The number of hydrogen-bond donors (Lipinski definition) is 1. The number of Topliss-reactive ketones (excluding diaryl/α,β-unsaturated/α-hetero) is 1. The summed E-state index contributed by atoms with van der Waals surface area (Å²) in [6, 6.07) is 11.5. The molecular formula is C17H19NO2S. The molecule has 2 rings (SSSR count). The molecule has 2 aromatic rings. The van der Waals surface area contributed by atoms with Gasteiger partial charge in [0.2, 0.25) is 5.91 Å². The number of hydrogen-bond acceptors (Lipinski definition) is 3. The summed E-state index contributed by atoms with van der Waals surface area (Å²) in [5.74, 6) is 0.0848. The first-order valence-electron chi connectivity index (χ1n) is 7.15. The lowest BCUT2D eigenvalue weighted by Gasteiger charge is -2.09. The molecule has 0 atom stereocenters. The van der Waals surface area contributed by atoms with Crippen LogP contribution in [0.3, 0.4) is 0 Å². The number of thiophene rings is 1. The lowest BCUT2D eigenvalue weighted by molar-refractivity contribution is -0.116. The van der Waals surface area contributed by atoms with Crippen LogP contribution in [0.2, 0.25) is 0 Å². The zero-order chi connectivity index (χ0) is 15.1. The van der Waals surface area contributed by atoms with Crippen molar-refractivity contribution in [3.63, 3.8) is 0 Å². The minimum atomic E-state index is -0.0325. The Morgan fingerprint density at radius 2 is 1.90 bits per heavy atom. The first-order valence-corrected chi connectivity index (χ1v) is 8.03. The molecule has 0 spiro atoms. The number of benzene rings is 1. The number of rotatable bonds is 7. The molecule has 4 heteroatoms.